The van der Waals surface area contributed by atoms with Crippen LogP contribution in [0.5, 0.6) is 5.75 Å². The van der Waals surface area contributed by atoms with E-state index in [0.717, 1.165) is 6.26 Å². The largest absolute Gasteiger partial charge is 0.486 e. The van der Waals surface area contributed by atoms with Gasteiger partial charge in [0.2, 0.25) is 10.0 Å². The number of para-hydroxylation sites is 2. The second-order valence-corrected chi connectivity index (χ2v) is 7.16. The average Bonchev–Trinajstić information content (AvgIpc) is 2.75. The molecule has 1 fully saturated rings. The number of urea groups is 1. The molecule has 0 saturated carbocycles. The minimum Gasteiger partial charge on any atom is -0.486 e. The molecule has 0 radical (unpaired) electrons. The number of imide groups is 1. The van der Waals surface area contributed by atoms with Crippen molar-refractivity contribution in [3.63, 3.8) is 0 Å². The molecule has 1 aromatic carbocycles. The van der Waals surface area contributed by atoms with Crippen LogP contribution in [0.1, 0.15) is 6.42 Å². The van der Waals surface area contributed by atoms with E-state index in [0.29, 0.717) is 11.4 Å². The summed E-state index contributed by atoms with van der Waals surface area (Å²) in [5, 5.41) is 4.62. The SMILES string of the molecule is CS(=O)(=O)N1C[C@H](CC2NC(=O)NC2=O)Oc2ccccc21. The number of nitrogens with one attached hydrogen (secondary N) is 2. The van der Waals surface area contributed by atoms with Gasteiger partial charge in [-0.05, 0) is 12.1 Å². The van der Waals surface area contributed by atoms with Crippen molar-refractivity contribution in [3.05, 3.63) is 24.3 Å². The number of carbonyl (C=O) groups is 2. The van der Waals surface area contributed by atoms with Crippen molar-refractivity contribution >= 4 is 27.6 Å². The van der Waals surface area contributed by atoms with Crippen LogP contribution in [0.25, 0.3) is 0 Å². The third kappa shape index (κ3) is 2.71. The molecule has 0 aliphatic carbocycles. The molecule has 3 amide bonds. The van der Waals surface area contributed by atoms with Crippen molar-refractivity contribution in [3.8, 4) is 5.75 Å². The van der Waals surface area contributed by atoms with Gasteiger partial charge in [0.05, 0.1) is 18.5 Å². The quantitative estimate of drug-likeness (QED) is 0.750. The van der Waals surface area contributed by atoms with Crippen LogP contribution in [0.4, 0.5) is 10.5 Å². The summed E-state index contributed by atoms with van der Waals surface area (Å²) in [6.45, 7) is 0.0928. The Balaban J connectivity index is 1.84. The second kappa shape index (κ2) is 5.16. The number of nitrogens with zero attached hydrogens (tertiary/aromatic N) is 1. The molecular weight excluding hydrogens is 310 g/mol. The first-order valence-electron chi connectivity index (χ1n) is 6.69. The minimum atomic E-state index is -3.46. The van der Waals surface area contributed by atoms with Gasteiger partial charge in [-0.1, -0.05) is 12.1 Å². The summed E-state index contributed by atoms with van der Waals surface area (Å²) in [6, 6.07) is 5.54. The number of rotatable bonds is 3. The van der Waals surface area contributed by atoms with Gasteiger partial charge in [-0.15, -0.1) is 0 Å². The molecule has 0 aromatic heterocycles. The summed E-state index contributed by atoms with van der Waals surface area (Å²) in [7, 11) is -3.46. The van der Waals surface area contributed by atoms with Crippen molar-refractivity contribution in [2.24, 2.45) is 0 Å². The Morgan fingerprint density at radius 3 is 2.68 bits per heavy atom. The third-order valence-corrected chi connectivity index (χ3v) is 4.70. The fraction of sp³-hybridized carbons (Fsp3) is 0.385. The van der Waals surface area contributed by atoms with Crippen LogP contribution in [0.3, 0.4) is 0 Å². The molecular formula is C13H15N3O5S. The zero-order valence-electron chi connectivity index (χ0n) is 11.8. The van der Waals surface area contributed by atoms with Gasteiger partial charge in [0.15, 0.2) is 0 Å². The minimum absolute atomic E-state index is 0.0928. The highest BCUT2D eigenvalue weighted by Gasteiger charge is 2.37. The molecule has 2 N–H and O–H groups in total. The van der Waals surface area contributed by atoms with Crippen molar-refractivity contribution in [2.75, 3.05) is 17.1 Å². The van der Waals surface area contributed by atoms with Gasteiger partial charge in [-0.3, -0.25) is 14.4 Å². The van der Waals surface area contributed by atoms with Gasteiger partial charge in [0, 0.05) is 6.42 Å². The molecule has 0 spiro atoms. The first-order valence-corrected chi connectivity index (χ1v) is 8.54. The van der Waals surface area contributed by atoms with Crippen molar-refractivity contribution in [1.29, 1.82) is 0 Å². The number of amides is 3. The summed E-state index contributed by atoms with van der Waals surface area (Å²) < 4.78 is 31.0. The molecule has 1 saturated heterocycles. The number of hydrogen-bond donors (Lipinski definition) is 2. The van der Waals surface area contributed by atoms with E-state index in [-0.39, 0.29) is 13.0 Å². The smallest absolute Gasteiger partial charge is 0.322 e. The van der Waals surface area contributed by atoms with Crippen LogP contribution in [-0.4, -0.2) is 45.3 Å². The van der Waals surface area contributed by atoms with Crippen LogP contribution < -0.4 is 19.7 Å². The first kappa shape index (κ1) is 14.6. The van der Waals surface area contributed by atoms with E-state index in [1.54, 1.807) is 24.3 Å². The Bertz CT molecular complexity index is 733. The predicted molar refractivity (Wildman–Crippen MR) is 78.1 cm³/mol. The zero-order valence-corrected chi connectivity index (χ0v) is 12.6. The Hall–Kier alpha value is -2.29. The number of carbonyl (C=O) groups excluding carboxylic acids is 2. The molecule has 2 aliphatic rings. The molecule has 3 rings (SSSR count). The summed E-state index contributed by atoms with van der Waals surface area (Å²) >= 11 is 0. The summed E-state index contributed by atoms with van der Waals surface area (Å²) in [5.74, 6) is 0.00673. The lowest BCUT2D eigenvalue weighted by Gasteiger charge is -2.35. The Labute approximate surface area is 127 Å². The molecule has 2 atom stereocenters. The van der Waals surface area contributed by atoms with Gasteiger partial charge in [-0.2, -0.15) is 0 Å². The number of sulfonamides is 1. The van der Waals surface area contributed by atoms with Gasteiger partial charge >= 0.3 is 6.03 Å². The molecule has 2 aliphatic heterocycles. The fourth-order valence-electron chi connectivity index (χ4n) is 2.59. The second-order valence-electron chi connectivity index (χ2n) is 5.25. The first-order chi connectivity index (χ1) is 10.3. The molecule has 8 nitrogen and oxygen atoms in total. The standard InChI is InChI=1S/C13H15N3O5S/c1-22(19,20)16-7-8(6-9-12(17)15-13(18)14-9)21-11-5-3-2-4-10(11)16/h2-5,8-9H,6-7H2,1H3,(H2,14,15,17,18)/t8-,9?/m0/s1. The fourth-order valence-corrected chi connectivity index (χ4v) is 3.53. The Morgan fingerprint density at radius 2 is 2.05 bits per heavy atom. The van der Waals surface area contributed by atoms with Crippen molar-refractivity contribution < 1.29 is 22.7 Å². The topological polar surface area (TPSA) is 105 Å². The number of fused-ring (bicyclic) bond motifs is 1. The summed E-state index contributed by atoms with van der Waals surface area (Å²) in [5.41, 5.74) is 0.473. The summed E-state index contributed by atoms with van der Waals surface area (Å²) in [6.07, 6.45) is 0.785. The highest BCUT2D eigenvalue weighted by Crippen LogP contribution is 2.35. The van der Waals surface area contributed by atoms with Crippen LogP contribution >= 0.6 is 0 Å². The lowest BCUT2D eigenvalue weighted by atomic mass is 10.1. The van der Waals surface area contributed by atoms with Crippen LogP contribution in [0.2, 0.25) is 0 Å². The molecule has 0 bridgehead atoms. The van der Waals surface area contributed by atoms with Crippen LogP contribution in [-0.2, 0) is 14.8 Å². The average molecular weight is 325 g/mol. The number of anilines is 1. The third-order valence-electron chi connectivity index (χ3n) is 3.55. The molecule has 1 unspecified atom stereocenters. The highest BCUT2D eigenvalue weighted by molar-refractivity contribution is 7.92. The normalized spacial score (nSPS) is 24.3. The molecule has 22 heavy (non-hydrogen) atoms. The predicted octanol–water partition coefficient (Wildman–Crippen LogP) is -0.188. The Kier molecular flexibility index (Phi) is 3.44. The molecule has 2 heterocycles. The number of ether oxygens (including phenoxy) is 1. The number of hydrogen-bond acceptors (Lipinski definition) is 5. The maximum atomic E-state index is 12.0. The van der Waals surface area contributed by atoms with Gasteiger partial charge in [-0.25, -0.2) is 13.2 Å². The van der Waals surface area contributed by atoms with E-state index in [4.69, 9.17) is 4.74 Å². The zero-order chi connectivity index (χ0) is 15.9. The van der Waals surface area contributed by atoms with E-state index < -0.39 is 34.1 Å². The van der Waals surface area contributed by atoms with E-state index in [1.165, 1.54) is 4.31 Å². The molecule has 1 aromatic rings. The van der Waals surface area contributed by atoms with E-state index in [9.17, 15) is 18.0 Å². The van der Waals surface area contributed by atoms with Crippen molar-refractivity contribution in [1.82, 2.24) is 10.6 Å². The van der Waals surface area contributed by atoms with Crippen LogP contribution in [0, 0.1) is 0 Å². The summed E-state index contributed by atoms with van der Waals surface area (Å²) in [4.78, 5) is 22.7. The van der Waals surface area contributed by atoms with E-state index >= 15 is 0 Å². The van der Waals surface area contributed by atoms with Gasteiger partial charge < -0.3 is 10.1 Å². The highest BCUT2D eigenvalue weighted by atomic mass is 32.2. The number of benzene rings is 1. The van der Waals surface area contributed by atoms with Gasteiger partial charge in [0.25, 0.3) is 5.91 Å². The maximum absolute atomic E-state index is 12.0. The van der Waals surface area contributed by atoms with Crippen molar-refractivity contribution in [2.45, 2.75) is 18.6 Å². The lowest BCUT2D eigenvalue weighted by Crippen LogP contribution is -2.46. The molecule has 9 heteroatoms. The van der Waals surface area contributed by atoms with E-state index in [2.05, 4.69) is 10.6 Å². The van der Waals surface area contributed by atoms with Gasteiger partial charge in [0.1, 0.15) is 17.9 Å². The lowest BCUT2D eigenvalue weighted by molar-refractivity contribution is -0.120. The van der Waals surface area contributed by atoms with Crippen LogP contribution in [0.15, 0.2) is 24.3 Å². The Morgan fingerprint density at radius 1 is 1.32 bits per heavy atom. The maximum Gasteiger partial charge on any atom is 0.322 e. The monoisotopic (exact) mass is 325 g/mol. The van der Waals surface area contributed by atoms with E-state index in [1.807, 2.05) is 0 Å². The molecule has 118 valence electrons.